The number of nitrogens with two attached hydrogens (primary N) is 1. The van der Waals surface area contributed by atoms with E-state index < -0.39 is 0 Å². The lowest BCUT2D eigenvalue weighted by Gasteiger charge is -2.33. The van der Waals surface area contributed by atoms with Gasteiger partial charge in [0.1, 0.15) is 17.5 Å². The number of aliphatic hydroxyl groups excluding tert-OH is 1. The summed E-state index contributed by atoms with van der Waals surface area (Å²) < 4.78 is 0. The molecule has 0 aliphatic heterocycles. The summed E-state index contributed by atoms with van der Waals surface area (Å²) in [7, 11) is 0. The number of nitrogens with one attached hydrogen (secondary N) is 2. The number of hydrazine groups is 1. The van der Waals surface area contributed by atoms with Crippen LogP contribution in [0.1, 0.15) is 43.0 Å². The summed E-state index contributed by atoms with van der Waals surface area (Å²) in [6.45, 7) is 1.95. The monoisotopic (exact) mass is 249 g/mol. The lowest BCUT2D eigenvalue weighted by Crippen LogP contribution is -2.39. The first-order chi connectivity index (χ1) is 8.67. The van der Waals surface area contributed by atoms with Crippen molar-refractivity contribution in [2.24, 2.45) is 5.84 Å². The van der Waals surface area contributed by atoms with Crippen LogP contribution in [0.25, 0.3) is 0 Å². The molecule has 1 aromatic heterocycles. The van der Waals surface area contributed by atoms with E-state index in [2.05, 4.69) is 20.7 Å². The highest BCUT2D eigenvalue weighted by Gasteiger charge is 2.30. The Morgan fingerprint density at radius 3 is 2.44 bits per heavy atom. The van der Waals surface area contributed by atoms with Crippen molar-refractivity contribution in [2.75, 3.05) is 10.7 Å². The molecule has 98 valence electrons. The van der Waals surface area contributed by atoms with Gasteiger partial charge in [0, 0.05) is 17.5 Å². The van der Waals surface area contributed by atoms with Crippen molar-refractivity contribution in [3.8, 4) is 0 Å². The van der Waals surface area contributed by atoms with Crippen LogP contribution in [0.15, 0.2) is 0 Å². The van der Waals surface area contributed by atoms with E-state index in [9.17, 15) is 5.11 Å². The zero-order valence-corrected chi connectivity index (χ0v) is 10.5. The molecule has 6 nitrogen and oxygen atoms in total. The zero-order chi connectivity index (χ0) is 12.7. The normalized spacial score (nSPS) is 26.6. The smallest absolute Gasteiger partial charge is 0.148 e. The van der Waals surface area contributed by atoms with E-state index >= 15 is 0 Å². The van der Waals surface area contributed by atoms with E-state index in [1.54, 1.807) is 0 Å². The molecule has 18 heavy (non-hydrogen) atoms. The standard InChI is InChI=1S/C12H19N5O/c1-6-10(14-8-4-9(18)5-8)15-12(7-2-3-7)16-11(6)17-13/h7-9,18H,2-5,13H2,1H3,(H2,14,15,16,17). The van der Waals surface area contributed by atoms with Gasteiger partial charge >= 0.3 is 0 Å². The van der Waals surface area contributed by atoms with Crippen molar-refractivity contribution in [1.29, 1.82) is 0 Å². The number of aliphatic hydroxyl groups is 1. The van der Waals surface area contributed by atoms with Gasteiger partial charge in [-0.05, 0) is 32.6 Å². The molecule has 0 amide bonds. The van der Waals surface area contributed by atoms with E-state index in [-0.39, 0.29) is 6.10 Å². The zero-order valence-electron chi connectivity index (χ0n) is 10.5. The van der Waals surface area contributed by atoms with Gasteiger partial charge in [0.2, 0.25) is 0 Å². The highest BCUT2D eigenvalue weighted by Crippen LogP contribution is 2.39. The Kier molecular flexibility index (Phi) is 2.83. The summed E-state index contributed by atoms with van der Waals surface area (Å²) >= 11 is 0. The van der Waals surface area contributed by atoms with E-state index in [0.29, 0.717) is 17.8 Å². The minimum atomic E-state index is -0.167. The maximum atomic E-state index is 9.31. The summed E-state index contributed by atoms with van der Waals surface area (Å²) in [6.07, 6.45) is 3.73. The predicted molar refractivity (Wildman–Crippen MR) is 69.2 cm³/mol. The molecular formula is C12H19N5O. The van der Waals surface area contributed by atoms with Crippen LogP contribution >= 0.6 is 0 Å². The molecular weight excluding hydrogens is 230 g/mol. The number of hydrogen-bond donors (Lipinski definition) is 4. The number of nitrogens with zero attached hydrogens (tertiary/aromatic N) is 2. The second-order valence-corrected chi connectivity index (χ2v) is 5.29. The summed E-state index contributed by atoms with van der Waals surface area (Å²) in [4.78, 5) is 9.03. The Morgan fingerprint density at radius 1 is 1.22 bits per heavy atom. The van der Waals surface area contributed by atoms with Crippen molar-refractivity contribution in [1.82, 2.24) is 9.97 Å². The number of rotatable bonds is 4. The average Bonchev–Trinajstić information content (AvgIpc) is 3.13. The molecule has 0 atom stereocenters. The van der Waals surface area contributed by atoms with Gasteiger partial charge in [-0.3, -0.25) is 0 Å². The maximum absolute atomic E-state index is 9.31. The summed E-state index contributed by atoms with van der Waals surface area (Å²) in [6, 6.07) is 0.311. The van der Waals surface area contributed by atoms with Crippen molar-refractivity contribution in [3.63, 3.8) is 0 Å². The van der Waals surface area contributed by atoms with Gasteiger partial charge in [0.15, 0.2) is 0 Å². The number of nitrogen functional groups attached to an aromatic ring is 1. The van der Waals surface area contributed by atoms with Gasteiger partial charge in [-0.1, -0.05) is 0 Å². The predicted octanol–water partition coefficient (Wildman–Crippen LogP) is 0.883. The third-order valence-electron chi connectivity index (χ3n) is 3.70. The third kappa shape index (κ3) is 2.13. The first kappa shape index (κ1) is 11.7. The highest BCUT2D eigenvalue weighted by molar-refractivity contribution is 5.57. The minimum absolute atomic E-state index is 0.167. The van der Waals surface area contributed by atoms with Crippen molar-refractivity contribution in [2.45, 2.75) is 50.7 Å². The van der Waals surface area contributed by atoms with E-state index in [0.717, 1.165) is 42.9 Å². The van der Waals surface area contributed by atoms with Crippen LogP contribution < -0.4 is 16.6 Å². The fraction of sp³-hybridized carbons (Fsp3) is 0.667. The lowest BCUT2D eigenvalue weighted by atomic mass is 9.89. The molecule has 5 N–H and O–H groups in total. The molecule has 3 rings (SSSR count). The van der Waals surface area contributed by atoms with Crippen LogP contribution in [0.4, 0.5) is 11.6 Å². The van der Waals surface area contributed by atoms with Gasteiger partial charge in [-0.25, -0.2) is 15.8 Å². The molecule has 1 heterocycles. The second-order valence-electron chi connectivity index (χ2n) is 5.29. The quantitative estimate of drug-likeness (QED) is 0.467. The van der Waals surface area contributed by atoms with Crippen LogP contribution in [0.3, 0.4) is 0 Å². The molecule has 0 saturated heterocycles. The molecule has 1 aromatic rings. The van der Waals surface area contributed by atoms with Gasteiger partial charge < -0.3 is 15.8 Å². The Labute approximate surface area is 106 Å². The van der Waals surface area contributed by atoms with Crippen LogP contribution in [0, 0.1) is 6.92 Å². The second kappa shape index (κ2) is 4.37. The van der Waals surface area contributed by atoms with Gasteiger partial charge in [0.05, 0.1) is 6.10 Å². The molecule has 0 radical (unpaired) electrons. The van der Waals surface area contributed by atoms with E-state index in [4.69, 9.17) is 5.84 Å². The Hall–Kier alpha value is -1.40. The van der Waals surface area contributed by atoms with E-state index in [1.165, 1.54) is 0 Å². The average molecular weight is 249 g/mol. The van der Waals surface area contributed by atoms with Crippen molar-refractivity contribution >= 4 is 11.6 Å². The topological polar surface area (TPSA) is 96.1 Å². The molecule has 0 aromatic carbocycles. The highest BCUT2D eigenvalue weighted by atomic mass is 16.3. The molecule has 2 fully saturated rings. The first-order valence-electron chi connectivity index (χ1n) is 6.47. The summed E-state index contributed by atoms with van der Waals surface area (Å²) in [5.41, 5.74) is 3.57. The lowest BCUT2D eigenvalue weighted by molar-refractivity contribution is 0.0835. The van der Waals surface area contributed by atoms with Crippen LogP contribution in [0.5, 0.6) is 0 Å². The molecule has 0 unspecified atom stereocenters. The fourth-order valence-electron chi connectivity index (χ4n) is 2.24. The summed E-state index contributed by atoms with van der Waals surface area (Å²) in [5.74, 6) is 8.40. The molecule has 0 spiro atoms. The number of hydrogen-bond acceptors (Lipinski definition) is 6. The van der Waals surface area contributed by atoms with Crippen LogP contribution in [-0.2, 0) is 0 Å². The fourth-order valence-corrected chi connectivity index (χ4v) is 2.24. The summed E-state index contributed by atoms with van der Waals surface area (Å²) in [5, 5.41) is 12.7. The van der Waals surface area contributed by atoms with E-state index in [1.807, 2.05) is 6.92 Å². The Morgan fingerprint density at radius 2 is 1.89 bits per heavy atom. The van der Waals surface area contributed by atoms with Crippen LogP contribution in [-0.4, -0.2) is 27.2 Å². The largest absolute Gasteiger partial charge is 0.393 e. The molecule has 2 saturated carbocycles. The van der Waals surface area contributed by atoms with Crippen LogP contribution in [0.2, 0.25) is 0 Å². The molecule has 0 bridgehead atoms. The molecule has 6 heteroatoms. The van der Waals surface area contributed by atoms with Gasteiger partial charge in [-0.2, -0.15) is 0 Å². The van der Waals surface area contributed by atoms with Crippen molar-refractivity contribution in [3.05, 3.63) is 11.4 Å². The van der Waals surface area contributed by atoms with Gasteiger partial charge in [-0.15, -0.1) is 0 Å². The first-order valence-corrected chi connectivity index (χ1v) is 6.47. The Bertz CT molecular complexity index is 454. The number of anilines is 2. The SMILES string of the molecule is Cc1c(NN)nc(C2CC2)nc1NC1CC(O)C1. The molecule has 2 aliphatic rings. The Balaban J connectivity index is 1.84. The molecule has 2 aliphatic carbocycles. The number of aromatic nitrogens is 2. The van der Waals surface area contributed by atoms with Gasteiger partial charge in [0.25, 0.3) is 0 Å². The maximum Gasteiger partial charge on any atom is 0.148 e. The third-order valence-corrected chi connectivity index (χ3v) is 3.70. The minimum Gasteiger partial charge on any atom is -0.393 e. The van der Waals surface area contributed by atoms with Crippen molar-refractivity contribution < 1.29 is 5.11 Å².